The van der Waals surface area contributed by atoms with Crippen LogP contribution in [0.3, 0.4) is 0 Å². The molecular formula is C15H18ClIN2. The number of benzene rings is 1. The summed E-state index contributed by atoms with van der Waals surface area (Å²) in [6.45, 7) is 2.31. The van der Waals surface area contributed by atoms with Crippen LogP contribution in [0.1, 0.15) is 38.1 Å². The van der Waals surface area contributed by atoms with Gasteiger partial charge in [0.2, 0.25) is 0 Å². The van der Waals surface area contributed by atoms with Crippen LogP contribution in [0, 0.1) is 9.49 Å². The third kappa shape index (κ3) is 2.92. The first-order chi connectivity index (χ1) is 9.19. The molecule has 1 fully saturated rings. The van der Waals surface area contributed by atoms with Gasteiger partial charge in [0, 0.05) is 21.9 Å². The van der Waals surface area contributed by atoms with E-state index < -0.39 is 0 Å². The van der Waals surface area contributed by atoms with Gasteiger partial charge in [0.1, 0.15) is 5.82 Å². The average molecular weight is 389 g/mol. The van der Waals surface area contributed by atoms with Crippen LogP contribution in [0.2, 0.25) is 0 Å². The second-order valence-electron chi connectivity index (χ2n) is 5.50. The minimum atomic E-state index is 0.524. The Morgan fingerprint density at radius 1 is 1.47 bits per heavy atom. The summed E-state index contributed by atoms with van der Waals surface area (Å²) in [5.41, 5.74) is 2.36. The molecule has 1 aromatic carbocycles. The molecule has 4 heteroatoms. The van der Waals surface area contributed by atoms with Crippen molar-refractivity contribution in [3.8, 4) is 0 Å². The SMILES string of the molecule is CC(CC1CC1)n1c(CCCl)nc2cc(I)ccc21. The highest BCUT2D eigenvalue weighted by Gasteiger charge is 2.26. The molecule has 2 aromatic rings. The van der Waals surface area contributed by atoms with Gasteiger partial charge in [-0.1, -0.05) is 12.8 Å². The van der Waals surface area contributed by atoms with E-state index in [1.807, 2.05) is 0 Å². The van der Waals surface area contributed by atoms with Crippen LogP contribution in [-0.4, -0.2) is 15.4 Å². The smallest absolute Gasteiger partial charge is 0.111 e. The van der Waals surface area contributed by atoms with Gasteiger partial charge < -0.3 is 4.57 Å². The summed E-state index contributed by atoms with van der Waals surface area (Å²) in [6.07, 6.45) is 4.92. The molecule has 19 heavy (non-hydrogen) atoms. The van der Waals surface area contributed by atoms with Crippen LogP contribution in [-0.2, 0) is 6.42 Å². The van der Waals surface area contributed by atoms with Gasteiger partial charge in [-0.15, -0.1) is 11.6 Å². The van der Waals surface area contributed by atoms with E-state index in [-0.39, 0.29) is 0 Å². The van der Waals surface area contributed by atoms with Crippen LogP contribution in [0.25, 0.3) is 11.0 Å². The zero-order valence-electron chi connectivity index (χ0n) is 11.1. The zero-order valence-corrected chi connectivity index (χ0v) is 14.0. The van der Waals surface area contributed by atoms with Crippen LogP contribution >= 0.6 is 34.2 Å². The minimum Gasteiger partial charge on any atom is -0.325 e. The molecule has 0 bridgehead atoms. The van der Waals surface area contributed by atoms with E-state index in [2.05, 4.69) is 52.3 Å². The summed E-state index contributed by atoms with van der Waals surface area (Å²) in [5.74, 6) is 2.71. The second kappa shape index (κ2) is 5.60. The van der Waals surface area contributed by atoms with Crippen LogP contribution in [0.4, 0.5) is 0 Å². The molecule has 1 aliphatic rings. The van der Waals surface area contributed by atoms with Gasteiger partial charge in [0.05, 0.1) is 11.0 Å². The topological polar surface area (TPSA) is 17.8 Å². The summed E-state index contributed by atoms with van der Waals surface area (Å²) in [5, 5.41) is 0. The lowest BCUT2D eigenvalue weighted by Gasteiger charge is -2.17. The number of imidazole rings is 1. The molecule has 0 spiro atoms. The molecule has 1 aliphatic carbocycles. The first-order valence-corrected chi connectivity index (χ1v) is 8.52. The predicted molar refractivity (Wildman–Crippen MR) is 88.9 cm³/mol. The fraction of sp³-hybridized carbons (Fsp3) is 0.533. The molecule has 1 heterocycles. The summed E-state index contributed by atoms with van der Waals surface area (Å²) in [4.78, 5) is 4.79. The summed E-state index contributed by atoms with van der Waals surface area (Å²) < 4.78 is 3.65. The molecule has 102 valence electrons. The largest absolute Gasteiger partial charge is 0.325 e. The lowest BCUT2D eigenvalue weighted by molar-refractivity contribution is 0.473. The number of nitrogens with zero attached hydrogens (tertiary/aromatic N) is 2. The van der Waals surface area contributed by atoms with E-state index in [1.54, 1.807) is 0 Å². The lowest BCUT2D eigenvalue weighted by atomic mass is 10.1. The number of aromatic nitrogens is 2. The molecule has 0 aliphatic heterocycles. The zero-order chi connectivity index (χ0) is 13.4. The molecule has 2 nitrogen and oxygen atoms in total. The summed E-state index contributed by atoms with van der Waals surface area (Å²) in [6, 6.07) is 7.05. The van der Waals surface area contributed by atoms with Crippen LogP contribution < -0.4 is 0 Å². The maximum atomic E-state index is 5.93. The summed E-state index contributed by atoms with van der Waals surface area (Å²) in [7, 11) is 0. The van der Waals surface area contributed by atoms with E-state index in [0.29, 0.717) is 11.9 Å². The Bertz CT molecular complexity index is 589. The van der Waals surface area contributed by atoms with Crippen molar-refractivity contribution in [3.05, 3.63) is 27.6 Å². The van der Waals surface area contributed by atoms with Crippen molar-refractivity contribution < 1.29 is 0 Å². The minimum absolute atomic E-state index is 0.524. The molecule has 0 radical (unpaired) electrons. The first-order valence-electron chi connectivity index (χ1n) is 6.91. The first kappa shape index (κ1) is 13.7. The third-order valence-corrected chi connectivity index (χ3v) is 4.71. The molecule has 0 saturated heterocycles. The summed E-state index contributed by atoms with van der Waals surface area (Å²) >= 11 is 8.28. The highest BCUT2D eigenvalue weighted by atomic mass is 127. The van der Waals surface area contributed by atoms with Gasteiger partial charge >= 0.3 is 0 Å². The van der Waals surface area contributed by atoms with Crippen LogP contribution in [0.15, 0.2) is 18.2 Å². The molecule has 1 unspecified atom stereocenters. The Balaban J connectivity index is 2.04. The number of halogens is 2. The predicted octanol–water partition coefficient (Wildman–Crippen LogP) is 4.78. The molecule has 1 atom stereocenters. The fourth-order valence-corrected chi connectivity index (χ4v) is 3.46. The second-order valence-corrected chi connectivity index (χ2v) is 7.12. The van der Waals surface area contributed by atoms with Crippen molar-refractivity contribution in [3.63, 3.8) is 0 Å². The number of hydrogen-bond acceptors (Lipinski definition) is 1. The van der Waals surface area contributed by atoms with E-state index in [4.69, 9.17) is 16.6 Å². The van der Waals surface area contributed by atoms with E-state index in [0.717, 1.165) is 23.7 Å². The van der Waals surface area contributed by atoms with Gasteiger partial charge in [-0.25, -0.2) is 4.98 Å². The Labute approximate surface area is 132 Å². The third-order valence-electron chi connectivity index (χ3n) is 3.85. The maximum Gasteiger partial charge on any atom is 0.111 e. The molecule has 1 saturated carbocycles. The highest BCUT2D eigenvalue weighted by molar-refractivity contribution is 14.1. The molecular weight excluding hydrogens is 371 g/mol. The van der Waals surface area contributed by atoms with Gasteiger partial charge in [-0.05, 0) is 60.1 Å². The Hall–Kier alpha value is -0.290. The number of fused-ring (bicyclic) bond motifs is 1. The number of alkyl halides is 1. The van der Waals surface area contributed by atoms with Crippen molar-refractivity contribution in [2.24, 2.45) is 5.92 Å². The van der Waals surface area contributed by atoms with Gasteiger partial charge in [-0.2, -0.15) is 0 Å². The van der Waals surface area contributed by atoms with Crippen molar-refractivity contribution in [1.82, 2.24) is 9.55 Å². The van der Waals surface area contributed by atoms with Gasteiger partial charge in [0.25, 0.3) is 0 Å². The Morgan fingerprint density at radius 2 is 2.26 bits per heavy atom. The molecule has 1 aromatic heterocycles. The normalized spacial score (nSPS) is 17.0. The quantitative estimate of drug-likeness (QED) is 0.532. The van der Waals surface area contributed by atoms with Gasteiger partial charge in [0.15, 0.2) is 0 Å². The number of rotatable bonds is 5. The van der Waals surface area contributed by atoms with E-state index in [9.17, 15) is 0 Å². The molecule has 0 amide bonds. The van der Waals surface area contributed by atoms with Crippen LogP contribution in [0.5, 0.6) is 0 Å². The maximum absolute atomic E-state index is 5.93. The Morgan fingerprint density at radius 3 is 2.95 bits per heavy atom. The standard InChI is InChI=1S/C15H18ClIN2/c1-10(8-11-2-3-11)19-14-5-4-12(17)9-13(14)18-15(19)6-7-16/h4-5,9-11H,2-3,6-8H2,1H3. The van der Waals surface area contributed by atoms with Crippen molar-refractivity contribution >= 4 is 45.2 Å². The monoisotopic (exact) mass is 388 g/mol. The molecule has 0 N–H and O–H groups in total. The highest BCUT2D eigenvalue weighted by Crippen LogP contribution is 2.38. The average Bonchev–Trinajstić information content (AvgIpc) is 3.09. The fourth-order valence-electron chi connectivity index (χ4n) is 2.82. The Kier molecular flexibility index (Phi) is 4.03. The number of hydrogen-bond donors (Lipinski definition) is 0. The van der Waals surface area contributed by atoms with Crippen molar-refractivity contribution in [2.75, 3.05) is 5.88 Å². The molecule has 3 rings (SSSR count). The van der Waals surface area contributed by atoms with Gasteiger partial charge in [-0.3, -0.25) is 0 Å². The number of aryl methyl sites for hydroxylation is 1. The van der Waals surface area contributed by atoms with E-state index in [1.165, 1.54) is 28.3 Å². The van der Waals surface area contributed by atoms with E-state index >= 15 is 0 Å². The lowest BCUT2D eigenvalue weighted by Crippen LogP contribution is -2.10. The van der Waals surface area contributed by atoms with Crippen molar-refractivity contribution in [2.45, 2.75) is 38.6 Å². The van der Waals surface area contributed by atoms with Crippen molar-refractivity contribution in [1.29, 1.82) is 0 Å².